The highest BCUT2D eigenvalue weighted by Crippen LogP contribution is 2.43. The Labute approximate surface area is 147 Å². The van der Waals surface area contributed by atoms with Crippen LogP contribution in [0.1, 0.15) is 59.8 Å². The van der Waals surface area contributed by atoms with Gasteiger partial charge in [0.15, 0.2) is 0 Å². The molecule has 142 valence electrons. The minimum atomic E-state index is -2.57. The summed E-state index contributed by atoms with van der Waals surface area (Å²) in [5, 5.41) is 6.23. The van der Waals surface area contributed by atoms with Crippen LogP contribution >= 0.6 is 7.14 Å². The van der Waals surface area contributed by atoms with Crippen molar-refractivity contribution >= 4 is 18.7 Å². The minimum Gasteiger partial charge on any atom is -0.330 e. The van der Waals surface area contributed by atoms with E-state index < -0.39 is 7.14 Å². The topological polar surface area (TPSA) is 101 Å². The molecule has 0 heterocycles. The Hall–Kier alpha value is -0.550. The lowest BCUT2D eigenvalue weighted by molar-refractivity contribution is -0.121. The van der Waals surface area contributed by atoms with Crippen molar-refractivity contribution in [1.82, 2.24) is 10.6 Å². The Bertz CT molecular complexity index is 397. The zero-order chi connectivity index (χ0) is 18.6. The smallest absolute Gasteiger partial charge is 0.149 e. The van der Waals surface area contributed by atoms with Crippen LogP contribution in [-0.2, 0) is 14.2 Å². The number of hydrogen-bond donors (Lipinski definition) is 3. The van der Waals surface area contributed by atoms with Gasteiger partial charge in [-0.15, -0.1) is 0 Å². The van der Waals surface area contributed by atoms with Crippen molar-refractivity contribution in [2.45, 2.75) is 71.9 Å². The molecule has 2 atom stereocenters. The summed E-state index contributed by atoms with van der Waals surface area (Å²) < 4.78 is 13.1. The molecule has 0 aliphatic rings. The van der Waals surface area contributed by atoms with Gasteiger partial charge in [0, 0.05) is 19.0 Å². The fraction of sp³-hybridized carbons (Fsp3) is 0.882. The van der Waals surface area contributed by atoms with Crippen molar-refractivity contribution < 1.29 is 14.2 Å². The average Bonchev–Trinajstić information content (AvgIpc) is 2.56. The van der Waals surface area contributed by atoms with Crippen molar-refractivity contribution in [3.05, 3.63) is 0 Å². The molecule has 24 heavy (non-hydrogen) atoms. The van der Waals surface area contributed by atoms with Gasteiger partial charge in [-0.3, -0.25) is 9.59 Å². The highest BCUT2D eigenvalue weighted by Gasteiger charge is 2.25. The first-order valence-electron chi connectivity index (χ1n) is 9.09. The summed E-state index contributed by atoms with van der Waals surface area (Å²) in [6, 6.07) is -0.592. The number of hydrogen-bond acceptors (Lipinski definition) is 6. The maximum atomic E-state index is 13.1. The van der Waals surface area contributed by atoms with Crippen molar-refractivity contribution in [3.8, 4) is 0 Å². The molecule has 0 aliphatic carbocycles. The second-order valence-electron chi connectivity index (χ2n) is 6.52. The second-order valence-corrected chi connectivity index (χ2v) is 9.72. The Morgan fingerprint density at radius 3 is 1.71 bits per heavy atom. The summed E-state index contributed by atoms with van der Waals surface area (Å²) in [4.78, 5) is 23.7. The van der Waals surface area contributed by atoms with E-state index in [9.17, 15) is 14.2 Å². The maximum absolute atomic E-state index is 13.1. The molecule has 4 N–H and O–H groups in total. The van der Waals surface area contributed by atoms with E-state index in [0.29, 0.717) is 44.5 Å². The number of nitrogens with one attached hydrogen (secondary N) is 2. The van der Waals surface area contributed by atoms with Gasteiger partial charge in [0.25, 0.3) is 0 Å². The lowest BCUT2D eigenvalue weighted by Crippen LogP contribution is -2.38. The standard InChI is InChI=1S/C17H36N3O3P/c1-5-8-16(21)14(3)19-12-24(23,11-7-10-18)13-20-15(4)17(22)9-6-2/h14-15,19-20H,5-13,18H2,1-4H3/t14-,15-/m0/s1. The van der Waals surface area contributed by atoms with E-state index >= 15 is 0 Å². The number of carbonyl (C=O) groups excluding carboxylic acids is 2. The molecule has 0 aliphatic heterocycles. The molecule has 0 saturated heterocycles. The quantitative estimate of drug-likeness (QED) is 0.387. The lowest BCUT2D eigenvalue weighted by atomic mass is 10.1. The fourth-order valence-corrected chi connectivity index (χ4v) is 4.75. The van der Waals surface area contributed by atoms with Gasteiger partial charge >= 0.3 is 0 Å². The fourth-order valence-electron chi connectivity index (χ4n) is 2.35. The van der Waals surface area contributed by atoms with E-state index in [2.05, 4.69) is 10.6 Å². The van der Waals surface area contributed by atoms with E-state index in [0.717, 1.165) is 12.8 Å². The third-order valence-corrected chi connectivity index (χ3v) is 6.75. The van der Waals surface area contributed by atoms with Crippen molar-refractivity contribution in [2.24, 2.45) is 5.73 Å². The monoisotopic (exact) mass is 361 g/mol. The van der Waals surface area contributed by atoms with Crippen molar-refractivity contribution in [3.63, 3.8) is 0 Å². The molecule has 0 aromatic carbocycles. The summed E-state index contributed by atoms with van der Waals surface area (Å²) in [5.74, 6) is 0.282. The molecule has 0 rings (SSSR count). The van der Waals surface area contributed by atoms with Crippen molar-refractivity contribution in [1.29, 1.82) is 0 Å². The molecule has 0 unspecified atom stereocenters. The molecule has 0 saturated carbocycles. The van der Waals surface area contributed by atoms with Crippen LogP contribution in [0.2, 0.25) is 0 Å². The normalized spacial score (nSPS) is 14.4. The van der Waals surface area contributed by atoms with E-state index in [-0.39, 0.29) is 23.7 Å². The molecule has 0 aromatic heterocycles. The number of ketones is 2. The van der Waals surface area contributed by atoms with Gasteiger partial charge in [-0.05, 0) is 39.7 Å². The summed E-state index contributed by atoms with van der Waals surface area (Å²) in [6.07, 6.45) is 4.48. The first-order chi connectivity index (χ1) is 11.3. The molecule has 7 heteroatoms. The van der Waals surface area contributed by atoms with E-state index in [1.54, 1.807) is 0 Å². The highest BCUT2D eigenvalue weighted by molar-refractivity contribution is 7.63. The van der Waals surface area contributed by atoms with Crippen LogP contribution in [0.3, 0.4) is 0 Å². The molecule has 0 amide bonds. The van der Waals surface area contributed by atoms with Gasteiger partial charge < -0.3 is 20.9 Å². The molecular weight excluding hydrogens is 325 g/mol. The van der Waals surface area contributed by atoms with Crippen LogP contribution < -0.4 is 16.4 Å². The lowest BCUT2D eigenvalue weighted by Gasteiger charge is -2.23. The zero-order valence-electron chi connectivity index (χ0n) is 15.8. The van der Waals surface area contributed by atoms with Crippen LogP contribution in [0.25, 0.3) is 0 Å². The molecular formula is C17H36N3O3P. The van der Waals surface area contributed by atoms with Crippen LogP contribution in [0.4, 0.5) is 0 Å². The molecule has 0 radical (unpaired) electrons. The zero-order valence-corrected chi connectivity index (χ0v) is 16.7. The first kappa shape index (κ1) is 23.4. The van der Waals surface area contributed by atoms with Crippen LogP contribution in [-0.4, -0.2) is 48.9 Å². The number of rotatable bonds is 15. The molecule has 0 aromatic rings. The molecule has 0 spiro atoms. The summed E-state index contributed by atoms with van der Waals surface area (Å²) in [5.41, 5.74) is 5.55. The van der Waals surface area contributed by atoms with Gasteiger partial charge in [0.1, 0.15) is 18.7 Å². The van der Waals surface area contributed by atoms with Crippen molar-refractivity contribution in [2.75, 3.05) is 25.3 Å². The largest absolute Gasteiger partial charge is 0.330 e. The summed E-state index contributed by atoms with van der Waals surface area (Å²) in [6.45, 7) is 8.04. The number of Topliss-reactive ketones (excluding diaryl/α,β-unsaturated/α-hetero) is 2. The van der Waals surface area contributed by atoms with E-state index in [4.69, 9.17) is 5.73 Å². The van der Waals surface area contributed by atoms with E-state index in [1.165, 1.54) is 0 Å². The maximum Gasteiger partial charge on any atom is 0.149 e. The summed E-state index contributed by atoms with van der Waals surface area (Å²) in [7, 11) is -2.57. The molecule has 6 nitrogen and oxygen atoms in total. The number of carbonyl (C=O) groups is 2. The SMILES string of the molecule is CCCC(=O)[C@H](C)NCP(=O)(CCCN)CN[C@@H](C)C(=O)CCC. The van der Waals surface area contributed by atoms with Gasteiger partial charge in [0.05, 0.1) is 24.7 Å². The highest BCUT2D eigenvalue weighted by atomic mass is 31.2. The molecule has 0 fully saturated rings. The van der Waals surface area contributed by atoms with Crippen LogP contribution in [0, 0.1) is 0 Å². The molecule has 0 bridgehead atoms. The Morgan fingerprint density at radius 1 is 0.958 bits per heavy atom. The van der Waals surface area contributed by atoms with E-state index in [1.807, 2.05) is 27.7 Å². The second kappa shape index (κ2) is 12.8. The van der Waals surface area contributed by atoms with Crippen LogP contribution in [0.5, 0.6) is 0 Å². The van der Waals surface area contributed by atoms with Gasteiger partial charge in [0.2, 0.25) is 0 Å². The third kappa shape index (κ3) is 9.67. The average molecular weight is 361 g/mol. The Kier molecular flexibility index (Phi) is 12.5. The Balaban J connectivity index is 4.62. The van der Waals surface area contributed by atoms with Gasteiger partial charge in [-0.25, -0.2) is 0 Å². The number of nitrogens with two attached hydrogens (primary N) is 1. The van der Waals surface area contributed by atoms with Gasteiger partial charge in [-0.1, -0.05) is 13.8 Å². The Morgan fingerprint density at radius 2 is 1.38 bits per heavy atom. The third-order valence-electron chi connectivity index (χ3n) is 4.10. The van der Waals surface area contributed by atoms with Crippen LogP contribution in [0.15, 0.2) is 0 Å². The minimum absolute atomic E-state index is 0.141. The summed E-state index contributed by atoms with van der Waals surface area (Å²) >= 11 is 0. The predicted octanol–water partition coefficient (Wildman–Crippen LogP) is 2.31. The predicted molar refractivity (Wildman–Crippen MR) is 101 cm³/mol. The van der Waals surface area contributed by atoms with Gasteiger partial charge in [-0.2, -0.15) is 0 Å². The first-order valence-corrected chi connectivity index (χ1v) is 11.3.